The molecule has 1 atom stereocenters. The van der Waals surface area contributed by atoms with Crippen molar-refractivity contribution in [1.82, 2.24) is 5.32 Å². The Morgan fingerprint density at radius 1 is 1.28 bits per heavy atom. The zero-order valence-corrected chi connectivity index (χ0v) is 12.5. The minimum Gasteiger partial charge on any atom is -0.389 e. The Labute approximate surface area is 112 Å². The van der Waals surface area contributed by atoms with Crippen LogP contribution in [0.4, 0.5) is 0 Å². The van der Waals surface area contributed by atoms with E-state index in [-0.39, 0.29) is 6.10 Å². The molecule has 0 amide bonds. The molecule has 18 heavy (non-hydrogen) atoms. The maximum atomic E-state index is 9.61. The lowest BCUT2D eigenvalue weighted by Gasteiger charge is -2.39. The van der Waals surface area contributed by atoms with Crippen LogP contribution in [-0.4, -0.2) is 37.5 Å². The van der Waals surface area contributed by atoms with E-state index in [4.69, 9.17) is 4.74 Å². The third kappa shape index (κ3) is 4.87. The quantitative estimate of drug-likeness (QED) is 0.736. The van der Waals surface area contributed by atoms with Crippen LogP contribution in [0.1, 0.15) is 52.9 Å². The topological polar surface area (TPSA) is 41.5 Å². The summed E-state index contributed by atoms with van der Waals surface area (Å²) < 4.78 is 4.93. The number of nitrogens with one attached hydrogen (secondary N) is 1. The van der Waals surface area contributed by atoms with Gasteiger partial charge in [0.2, 0.25) is 0 Å². The smallest absolute Gasteiger partial charge is 0.0897 e. The van der Waals surface area contributed by atoms with Gasteiger partial charge < -0.3 is 15.2 Å². The van der Waals surface area contributed by atoms with Gasteiger partial charge in [-0.3, -0.25) is 0 Å². The Balaban J connectivity index is 2.23. The van der Waals surface area contributed by atoms with Crippen LogP contribution < -0.4 is 5.32 Å². The predicted octanol–water partition coefficient (Wildman–Crippen LogP) is 2.58. The monoisotopic (exact) mass is 257 g/mol. The van der Waals surface area contributed by atoms with Crippen LogP contribution in [0.5, 0.6) is 0 Å². The Kier molecular flexibility index (Phi) is 6.61. The lowest BCUT2D eigenvalue weighted by molar-refractivity contribution is 0.0593. The Morgan fingerprint density at radius 2 is 1.89 bits per heavy atom. The summed E-state index contributed by atoms with van der Waals surface area (Å²) in [5.74, 6) is 0.865. The molecule has 1 saturated carbocycles. The number of ether oxygens (including phenoxy) is 1. The SMILES string of the molecule is CCC(C)(C)C1CCC(NCC(O)COC)CC1. The molecular weight excluding hydrogens is 226 g/mol. The van der Waals surface area contributed by atoms with Gasteiger partial charge in [-0.05, 0) is 37.0 Å². The molecule has 1 aliphatic carbocycles. The molecule has 0 aliphatic heterocycles. The second kappa shape index (κ2) is 7.46. The van der Waals surface area contributed by atoms with Gasteiger partial charge in [-0.1, -0.05) is 27.2 Å². The van der Waals surface area contributed by atoms with Gasteiger partial charge in [-0.15, -0.1) is 0 Å². The summed E-state index contributed by atoms with van der Waals surface area (Å²) in [6, 6.07) is 0.584. The van der Waals surface area contributed by atoms with Crippen LogP contribution in [0.2, 0.25) is 0 Å². The Bertz CT molecular complexity index is 223. The van der Waals surface area contributed by atoms with Crippen molar-refractivity contribution in [2.75, 3.05) is 20.3 Å². The maximum absolute atomic E-state index is 9.61. The van der Waals surface area contributed by atoms with Crippen LogP contribution in [0.15, 0.2) is 0 Å². The number of hydrogen-bond donors (Lipinski definition) is 2. The average Bonchev–Trinajstić information content (AvgIpc) is 2.37. The van der Waals surface area contributed by atoms with Crippen LogP contribution in [0.3, 0.4) is 0 Å². The van der Waals surface area contributed by atoms with Gasteiger partial charge in [0.1, 0.15) is 0 Å². The van der Waals surface area contributed by atoms with E-state index in [0.29, 0.717) is 24.6 Å². The van der Waals surface area contributed by atoms with Gasteiger partial charge in [0.15, 0.2) is 0 Å². The summed E-state index contributed by atoms with van der Waals surface area (Å²) in [6.07, 6.45) is 6.02. The highest BCUT2D eigenvalue weighted by atomic mass is 16.5. The first-order chi connectivity index (χ1) is 8.49. The van der Waals surface area contributed by atoms with E-state index in [9.17, 15) is 5.11 Å². The lowest BCUT2D eigenvalue weighted by Crippen LogP contribution is -2.41. The minimum atomic E-state index is -0.375. The van der Waals surface area contributed by atoms with Crippen molar-refractivity contribution in [2.24, 2.45) is 11.3 Å². The van der Waals surface area contributed by atoms with Gasteiger partial charge in [-0.25, -0.2) is 0 Å². The van der Waals surface area contributed by atoms with Gasteiger partial charge in [0, 0.05) is 19.7 Å². The van der Waals surface area contributed by atoms with Crippen molar-refractivity contribution < 1.29 is 9.84 Å². The van der Waals surface area contributed by atoms with E-state index in [1.807, 2.05) is 0 Å². The predicted molar refractivity (Wildman–Crippen MR) is 75.7 cm³/mol. The summed E-state index contributed by atoms with van der Waals surface area (Å²) in [5.41, 5.74) is 0.487. The highest BCUT2D eigenvalue weighted by molar-refractivity contribution is 4.85. The Hall–Kier alpha value is -0.120. The fraction of sp³-hybridized carbons (Fsp3) is 1.00. The first-order valence-corrected chi connectivity index (χ1v) is 7.40. The van der Waals surface area contributed by atoms with Crippen molar-refractivity contribution in [3.63, 3.8) is 0 Å². The van der Waals surface area contributed by atoms with E-state index in [1.54, 1.807) is 7.11 Å². The van der Waals surface area contributed by atoms with E-state index >= 15 is 0 Å². The van der Waals surface area contributed by atoms with Crippen LogP contribution in [0.25, 0.3) is 0 Å². The molecule has 1 rings (SSSR count). The van der Waals surface area contributed by atoms with Crippen LogP contribution in [-0.2, 0) is 4.74 Å². The molecule has 108 valence electrons. The van der Waals surface area contributed by atoms with Crippen molar-refractivity contribution in [3.8, 4) is 0 Å². The van der Waals surface area contributed by atoms with Crippen LogP contribution >= 0.6 is 0 Å². The standard InChI is InChI=1S/C15H31NO2/c1-5-15(2,3)12-6-8-13(9-7-12)16-10-14(17)11-18-4/h12-14,16-17H,5-11H2,1-4H3. The molecular formula is C15H31NO2. The molecule has 0 aromatic carbocycles. The second-order valence-corrected chi connectivity index (χ2v) is 6.41. The van der Waals surface area contributed by atoms with E-state index < -0.39 is 0 Å². The number of aliphatic hydroxyl groups is 1. The third-order valence-corrected chi connectivity index (χ3v) is 4.74. The molecule has 0 spiro atoms. The molecule has 0 heterocycles. The van der Waals surface area contributed by atoms with Crippen molar-refractivity contribution in [2.45, 2.75) is 65.0 Å². The summed E-state index contributed by atoms with van der Waals surface area (Å²) in [6.45, 7) is 8.17. The summed E-state index contributed by atoms with van der Waals surface area (Å²) in [7, 11) is 1.63. The number of rotatable bonds is 7. The van der Waals surface area contributed by atoms with E-state index in [2.05, 4.69) is 26.1 Å². The van der Waals surface area contributed by atoms with Gasteiger partial charge in [0.25, 0.3) is 0 Å². The Morgan fingerprint density at radius 3 is 2.39 bits per heavy atom. The van der Waals surface area contributed by atoms with Gasteiger partial charge >= 0.3 is 0 Å². The van der Waals surface area contributed by atoms with Gasteiger partial charge in [0.05, 0.1) is 12.7 Å². The number of methoxy groups -OCH3 is 1. The second-order valence-electron chi connectivity index (χ2n) is 6.41. The van der Waals surface area contributed by atoms with Crippen LogP contribution in [0, 0.1) is 11.3 Å². The molecule has 2 N–H and O–H groups in total. The number of aliphatic hydroxyl groups excluding tert-OH is 1. The third-order valence-electron chi connectivity index (χ3n) is 4.74. The first-order valence-electron chi connectivity index (χ1n) is 7.40. The first kappa shape index (κ1) is 15.9. The molecule has 3 heteroatoms. The maximum Gasteiger partial charge on any atom is 0.0897 e. The zero-order chi connectivity index (χ0) is 13.6. The summed E-state index contributed by atoms with van der Waals surface area (Å²) in [4.78, 5) is 0. The molecule has 1 aliphatic rings. The molecule has 0 aromatic heterocycles. The molecule has 0 bridgehead atoms. The highest BCUT2D eigenvalue weighted by Gasteiger charge is 2.31. The largest absolute Gasteiger partial charge is 0.389 e. The molecule has 0 aromatic rings. The fourth-order valence-electron chi connectivity index (χ4n) is 2.92. The summed E-state index contributed by atoms with van der Waals surface area (Å²) in [5, 5.41) is 13.1. The fourth-order valence-corrected chi connectivity index (χ4v) is 2.92. The minimum absolute atomic E-state index is 0.375. The number of hydrogen-bond acceptors (Lipinski definition) is 3. The molecule has 3 nitrogen and oxygen atoms in total. The van der Waals surface area contributed by atoms with E-state index in [1.165, 1.54) is 32.1 Å². The van der Waals surface area contributed by atoms with Crippen molar-refractivity contribution in [3.05, 3.63) is 0 Å². The summed E-state index contributed by atoms with van der Waals surface area (Å²) >= 11 is 0. The normalized spacial score (nSPS) is 27.2. The molecule has 1 fully saturated rings. The highest BCUT2D eigenvalue weighted by Crippen LogP contribution is 2.40. The van der Waals surface area contributed by atoms with Crippen molar-refractivity contribution >= 4 is 0 Å². The van der Waals surface area contributed by atoms with Crippen molar-refractivity contribution in [1.29, 1.82) is 0 Å². The lowest BCUT2D eigenvalue weighted by atomic mass is 9.69. The molecule has 1 unspecified atom stereocenters. The average molecular weight is 257 g/mol. The van der Waals surface area contributed by atoms with E-state index in [0.717, 1.165) is 5.92 Å². The van der Waals surface area contributed by atoms with Gasteiger partial charge in [-0.2, -0.15) is 0 Å². The molecule has 0 radical (unpaired) electrons. The zero-order valence-electron chi connectivity index (χ0n) is 12.5. The molecule has 0 saturated heterocycles.